The number of hydrogen-bond acceptors (Lipinski definition) is 2. The van der Waals surface area contributed by atoms with Crippen molar-refractivity contribution in [1.82, 2.24) is 5.32 Å². The predicted octanol–water partition coefficient (Wildman–Crippen LogP) is 3.24. The first-order chi connectivity index (χ1) is 7.15. The highest BCUT2D eigenvalue weighted by Gasteiger charge is 2.05. The Kier molecular flexibility index (Phi) is 4.92. The van der Waals surface area contributed by atoms with E-state index in [1.807, 2.05) is 13.0 Å². The Morgan fingerprint density at radius 3 is 2.80 bits per heavy atom. The van der Waals surface area contributed by atoms with E-state index in [1.54, 1.807) is 6.07 Å². The van der Waals surface area contributed by atoms with Crippen molar-refractivity contribution < 1.29 is 5.11 Å². The molecule has 2 N–H and O–H groups in total. The van der Waals surface area contributed by atoms with Gasteiger partial charge in [0, 0.05) is 17.1 Å². The molecule has 15 heavy (non-hydrogen) atoms. The molecule has 0 heterocycles. The molecule has 2 nitrogen and oxygen atoms in total. The zero-order valence-corrected chi connectivity index (χ0v) is 10.1. The number of phenols is 1. The van der Waals surface area contributed by atoms with E-state index in [0.717, 1.165) is 24.1 Å². The first-order valence-corrected chi connectivity index (χ1v) is 5.71. The van der Waals surface area contributed by atoms with Gasteiger partial charge >= 0.3 is 0 Å². The second-order valence-corrected chi connectivity index (χ2v) is 4.20. The molecule has 0 spiro atoms. The summed E-state index contributed by atoms with van der Waals surface area (Å²) in [7, 11) is 0. The minimum Gasteiger partial charge on any atom is -0.507 e. The van der Waals surface area contributed by atoms with E-state index in [0.29, 0.717) is 17.3 Å². The van der Waals surface area contributed by atoms with Gasteiger partial charge in [0.15, 0.2) is 0 Å². The third kappa shape index (κ3) is 3.73. The Balaban J connectivity index is 2.60. The van der Waals surface area contributed by atoms with Gasteiger partial charge in [-0.05, 0) is 37.6 Å². The van der Waals surface area contributed by atoms with Gasteiger partial charge in [-0.3, -0.25) is 0 Å². The minimum absolute atomic E-state index is 0.350. The number of phenolic OH excluding ortho intramolecular Hbond substituents is 1. The van der Waals surface area contributed by atoms with E-state index in [1.165, 1.54) is 6.42 Å². The van der Waals surface area contributed by atoms with Gasteiger partial charge < -0.3 is 10.4 Å². The zero-order valence-electron chi connectivity index (χ0n) is 9.31. The van der Waals surface area contributed by atoms with E-state index >= 15 is 0 Å². The van der Waals surface area contributed by atoms with Crippen molar-refractivity contribution in [2.24, 2.45) is 0 Å². The van der Waals surface area contributed by atoms with Crippen LogP contribution in [0.5, 0.6) is 5.75 Å². The summed E-state index contributed by atoms with van der Waals surface area (Å²) in [4.78, 5) is 0. The van der Waals surface area contributed by atoms with Gasteiger partial charge in [0.2, 0.25) is 0 Å². The molecule has 1 aromatic rings. The smallest absolute Gasteiger partial charge is 0.123 e. The van der Waals surface area contributed by atoms with Crippen LogP contribution < -0.4 is 5.32 Å². The number of rotatable bonds is 5. The topological polar surface area (TPSA) is 32.3 Å². The normalized spacial score (nSPS) is 10.6. The first kappa shape index (κ1) is 12.3. The third-order valence-electron chi connectivity index (χ3n) is 2.37. The summed E-state index contributed by atoms with van der Waals surface area (Å²) in [5, 5.41) is 13.7. The fraction of sp³-hybridized carbons (Fsp3) is 0.500. The molecule has 0 aliphatic rings. The monoisotopic (exact) mass is 227 g/mol. The molecule has 0 saturated heterocycles. The SMILES string of the molecule is CCCCNCc1cc(Cl)cc(C)c1O. The Bertz CT molecular complexity index is 326. The summed E-state index contributed by atoms with van der Waals surface area (Å²) in [6, 6.07) is 3.58. The summed E-state index contributed by atoms with van der Waals surface area (Å²) in [5.74, 6) is 0.350. The molecule has 0 unspecified atom stereocenters. The number of aryl methyl sites for hydroxylation is 1. The highest BCUT2D eigenvalue weighted by molar-refractivity contribution is 6.30. The van der Waals surface area contributed by atoms with Gasteiger partial charge in [0.1, 0.15) is 5.75 Å². The molecule has 0 aliphatic heterocycles. The second-order valence-electron chi connectivity index (χ2n) is 3.76. The van der Waals surface area contributed by atoms with Crippen LogP contribution in [0.2, 0.25) is 5.02 Å². The van der Waals surface area contributed by atoms with Gasteiger partial charge in [-0.15, -0.1) is 0 Å². The number of benzene rings is 1. The van der Waals surface area contributed by atoms with Crippen LogP contribution in [0.15, 0.2) is 12.1 Å². The molecule has 0 atom stereocenters. The highest BCUT2D eigenvalue weighted by Crippen LogP contribution is 2.26. The number of halogens is 1. The predicted molar refractivity (Wildman–Crippen MR) is 64.5 cm³/mol. The van der Waals surface area contributed by atoms with Crippen molar-refractivity contribution in [2.45, 2.75) is 33.2 Å². The molecule has 0 bridgehead atoms. The lowest BCUT2D eigenvalue weighted by Crippen LogP contribution is -2.14. The van der Waals surface area contributed by atoms with Crippen LogP contribution in [0.4, 0.5) is 0 Å². The molecule has 1 rings (SSSR count). The van der Waals surface area contributed by atoms with Crippen LogP contribution in [-0.4, -0.2) is 11.7 Å². The second kappa shape index (κ2) is 5.99. The molecule has 0 aliphatic carbocycles. The Labute approximate surface area is 96.3 Å². The fourth-order valence-electron chi connectivity index (χ4n) is 1.46. The average molecular weight is 228 g/mol. The molecular weight excluding hydrogens is 210 g/mol. The first-order valence-electron chi connectivity index (χ1n) is 5.34. The summed E-state index contributed by atoms with van der Waals surface area (Å²) < 4.78 is 0. The van der Waals surface area contributed by atoms with Crippen molar-refractivity contribution in [3.63, 3.8) is 0 Å². The fourth-order valence-corrected chi connectivity index (χ4v) is 1.76. The number of nitrogens with one attached hydrogen (secondary N) is 1. The lowest BCUT2D eigenvalue weighted by atomic mass is 10.1. The van der Waals surface area contributed by atoms with Crippen molar-refractivity contribution in [1.29, 1.82) is 0 Å². The van der Waals surface area contributed by atoms with Crippen LogP contribution in [0.1, 0.15) is 30.9 Å². The number of aromatic hydroxyl groups is 1. The lowest BCUT2D eigenvalue weighted by Gasteiger charge is -2.09. The summed E-state index contributed by atoms with van der Waals surface area (Å²) in [6.45, 7) is 5.66. The summed E-state index contributed by atoms with van der Waals surface area (Å²) in [5.41, 5.74) is 1.70. The minimum atomic E-state index is 0.350. The molecule has 0 saturated carbocycles. The number of unbranched alkanes of at least 4 members (excludes halogenated alkanes) is 1. The Morgan fingerprint density at radius 1 is 1.40 bits per heavy atom. The summed E-state index contributed by atoms with van der Waals surface area (Å²) in [6.07, 6.45) is 2.33. The maximum atomic E-state index is 9.78. The van der Waals surface area contributed by atoms with Crippen LogP contribution in [0.25, 0.3) is 0 Å². The van der Waals surface area contributed by atoms with E-state index in [2.05, 4.69) is 12.2 Å². The molecule has 1 aromatic carbocycles. The van der Waals surface area contributed by atoms with Crippen LogP contribution in [0.3, 0.4) is 0 Å². The van der Waals surface area contributed by atoms with Gasteiger partial charge in [-0.1, -0.05) is 24.9 Å². The van der Waals surface area contributed by atoms with Gasteiger partial charge in [-0.25, -0.2) is 0 Å². The third-order valence-corrected chi connectivity index (χ3v) is 2.58. The van der Waals surface area contributed by atoms with Crippen molar-refractivity contribution in [2.75, 3.05) is 6.54 Å². The maximum absolute atomic E-state index is 9.78. The van der Waals surface area contributed by atoms with Gasteiger partial charge in [0.05, 0.1) is 0 Å². The van der Waals surface area contributed by atoms with Crippen LogP contribution >= 0.6 is 11.6 Å². The number of hydrogen-bond donors (Lipinski definition) is 2. The quantitative estimate of drug-likeness (QED) is 0.757. The molecular formula is C12H18ClNO. The summed E-state index contributed by atoms with van der Waals surface area (Å²) >= 11 is 5.92. The van der Waals surface area contributed by atoms with Gasteiger partial charge in [0.25, 0.3) is 0 Å². The Morgan fingerprint density at radius 2 is 2.13 bits per heavy atom. The van der Waals surface area contributed by atoms with Gasteiger partial charge in [-0.2, -0.15) is 0 Å². The van der Waals surface area contributed by atoms with E-state index < -0.39 is 0 Å². The Hall–Kier alpha value is -0.730. The average Bonchev–Trinajstić information content (AvgIpc) is 2.19. The van der Waals surface area contributed by atoms with Crippen molar-refractivity contribution in [3.8, 4) is 5.75 Å². The van der Waals surface area contributed by atoms with E-state index in [9.17, 15) is 5.11 Å². The lowest BCUT2D eigenvalue weighted by molar-refractivity contribution is 0.460. The zero-order chi connectivity index (χ0) is 11.3. The van der Waals surface area contributed by atoms with Crippen LogP contribution in [0, 0.1) is 6.92 Å². The maximum Gasteiger partial charge on any atom is 0.123 e. The van der Waals surface area contributed by atoms with Crippen molar-refractivity contribution >= 4 is 11.6 Å². The van der Waals surface area contributed by atoms with Crippen LogP contribution in [-0.2, 0) is 6.54 Å². The van der Waals surface area contributed by atoms with E-state index in [-0.39, 0.29) is 0 Å². The van der Waals surface area contributed by atoms with Crippen molar-refractivity contribution in [3.05, 3.63) is 28.3 Å². The van der Waals surface area contributed by atoms with E-state index in [4.69, 9.17) is 11.6 Å². The molecule has 0 fully saturated rings. The molecule has 0 aromatic heterocycles. The molecule has 0 amide bonds. The largest absolute Gasteiger partial charge is 0.507 e. The molecule has 0 radical (unpaired) electrons. The molecule has 3 heteroatoms. The molecule has 84 valence electrons. The highest BCUT2D eigenvalue weighted by atomic mass is 35.5. The standard InChI is InChI=1S/C12H18ClNO/c1-3-4-5-14-8-10-7-11(13)6-9(2)12(10)15/h6-7,14-15H,3-5,8H2,1-2H3.